The first-order valence-corrected chi connectivity index (χ1v) is 6.00. The third-order valence-electron chi connectivity index (χ3n) is 3.15. The molecule has 1 N–H and O–H groups in total. The molecule has 2 rings (SSSR count). The Hall–Kier alpha value is -1.23. The maximum absolute atomic E-state index is 11.4. The van der Waals surface area contributed by atoms with Crippen LogP contribution >= 0.6 is 15.9 Å². The van der Waals surface area contributed by atoms with Gasteiger partial charge in [0.1, 0.15) is 11.5 Å². The molecule has 1 aromatic carbocycles. The number of hydrogen-bond donors (Lipinski definition) is 1. The summed E-state index contributed by atoms with van der Waals surface area (Å²) in [7, 11) is 3.09. The highest BCUT2D eigenvalue weighted by atomic mass is 79.9. The second-order valence-corrected chi connectivity index (χ2v) is 4.84. The molecule has 1 saturated carbocycles. The summed E-state index contributed by atoms with van der Waals surface area (Å²) in [6.07, 6.45) is 1.26. The Morgan fingerprint density at radius 1 is 1.29 bits per heavy atom. The molecule has 0 atom stereocenters. The first-order chi connectivity index (χ1) is 8.06. The Bertz CT molecular complexity index is 466. The normalized spacial score (nSPS) is 16.4. The molecule has 17 heavy (non-hydrogen) atoms. The number of halogens is 1. The van der Waals surface area contributed by atoms with Crippen LogP contribution in [0.3, 0.4) is 0 Å². The molecule has 0 unspecified atom stereocenters. The van der Waals surface area contributed by atoms with E-state index >= 15 is 0 Å². The smallest absolute Gasteiger partial charge is 0.314 e. The summed E-state index contributed by atoms with van der Waals surface area (Å²) in [6.45, 7) is 0. The van der Waals surface area contributed by atoms with Gasteiger partial charge in [0.2, 0.25) is 0 Å². The van der Waals surface area contributed by atoms with Gasteiger partial charge in [0.25, 0.3) is 0 Å². The minimum Gasteiger partial charge on any atom is -0.496 e. The first-order valence-electron chi connectivity index (χ1n) is 5.21. The van der Waals surface area contributed by atoms with E-state index in [1.807, 2.05) is 0 Å². The Balaban J connectivity index is 2.62. The lowest BCUT2D eigenvalue weighted by atomic mass is 9.95. The van der Waals surface area contributed by atoms with Crippen molar-refractivity contribution < 1.29 is 19.4 Å². The van der Waals surface area contributed by atoms with Gasteiger partial charge in [0.15, 0.2) is 0 Å². The quantitative estimate of drug-likeness (QED) is 0.928. The van der Waals surface area contributed by atoms with E-state index < -0.39 is 11.4 Å². The first kappa shape index (κ1) is 12.2. The van der Waals surface area contributed by atoms with Crippen LogP contribution in [0.2, 0.25) is 0 Å². The standard InChI is InChI=1S/C12H13BrO4/c1-16-7-3-4-8(17-2)10(13)9(7)12(5-6-12)11(14)15/h3-4H,5-6H2,1-2H3,(H,14,15). The van der Waals surface area contributed by atoms with Gasteiger partial charge in [-0.25, -0.2) is 0 Å². The molecule has 1 aliphatic rings. The number of carboxylic acid groups (broad SMARTS) is 1. The highest BCUT2D eigenvalue weighted by molar-refractivity contribution is 9.10. The lowest BCUT2D eigenvalue weighted by molar-refractivity contribution is -0.140. The molecular formula is C12H13BrO4. The lowest BCUT2D eigenvalue weighted by Gasteiger charge is -2.18. The predicted molar refractivity (Wildman–Crippen MR) is 65.8 cm³/mol. The number of methoxy groups -OCH3 is 2. The molecule has 0 spiro atoms. The number of rotatable bonds is 4. The molecule has 4 nitrogen and oxygen atoms in total. The Kier molecular flexibility index (Phi) is 3.03. The monoisotopic (exact) mass is 300 g/mol. The van der Waals surface area contributed by atoms with Gasteiger partial charge in [-0.15, -0.1) is 0 Å². The number of carbonyl (C=O) groups is 1. The van der Waals surface area contributed by atoms with Crippen LogP contribution in [0.5, 0.6) is 11.5 Å². The SMILES string of the molecule is COc1ccc(OC)c(C2(C(=O)O)CC2)c1Br. The van der Waals surface area contributed by atoms with Gasteiger partial charge in [-0.1, -0.05) is 0 Å². The van der Waals surface area contributed by atoms with E-state index in [-0.39, 0.29) is 0 Å². The third kappa shape index (κ3) is 1.78. The number of ether oxygens (including phenoxy) is 2. The highest BCUT2D eigenvalue weighted by Crippen LogP contribution is 2.55. The summed E-state index contributed by atoms with van der Waals surface area (Å²) in [4.78, 5) is 11.4. The van der Waals surface area contributed by atoms with E-state index in [2.05, 4.69) is 15.9 Å². The molecule has 0 aromatic heterocycles. The van der Waals surface area contributed by atoms with E-state index in [0.717, 1.165) is 0 Å². The molecule has 5 heteroatoms. The zero-order chi connectivity index (χ0) is 12.6. The summed E-state index contributed by atoms with van der Waals surface area (Å²) in [5.74, 6) is 0.385. The molecule has 1 fully saturated rings. The van der Waals surface area contributed by atoms with Crippen molar-refractivity contribution >= 4 is 21.9 Å². The van der Waals surface area contributed by atoms with Gasteiger partial charge in [0, 0.05) is 5.56 Å². The van der Waals surface area contributed by atoms with E-state index in [4.69, 9.17) is 9.47 Å². The number of benzene rings is 1. The van der Waals surface area contributed by atoms with Gasteiger partial charge < -0.3 is 14.6 Å². The zero-order valence-corrected chi connectivity index (χ0v) is 11.2. The van der Waals surface area contributed by atoms with Crippen LogP contribution in [0, 0.1) is 0 Å². The molecule has 0 aliphatic heterocycles. The average Bonchev–Trinajstić information content (AvgIpc) is 3.09. The van der Waals surface area contributed by atoms with Crippen molar-refractivity contribution in [3.8, 4) is 11.5 Å². The van der Waals surface area contributed by atoms with Gasteiger partial charge >= 0.3 is 5.97 Å². The van der Waals surface area contributed by atoms with E-state index in [1.165, 1.54) is 7.11 Å². The van der Waals surface area contributed by atoms with Crippen molar-refractivity contribution in [2.24, 2.45) is 0 Å². The minimum absolute atomic E-state index is 0.581. The van der Waals surface area contributed by atoms with Crippen LogP contribution in [-0.2, 0) is 10.2 Å². The molecule has 1 aliphatic carbocycles. The van der Waals surface area contributed by atoms with Gasteiger partial charge in [-0.3, -0.25) is 4.79 Å². The number of carboxylic acids is 1. The largest absolute Gasteiger partial charge is 0.496 e. The number of aliphatic carboxylic acids is 1. The Morgan fingerprint density at radius 2 is 1.82 bits per heavy atom. The van der Waals surface area contributed by atoms with Gasteiger partial charge in [-0.2, -0.15) is 0 Å². The predicted octanol–water partition coefficient (Wildman–Crippen LogP) is 2.58. The van der Waals surface area contributed by atoms with Gasteiger partial charge in [0.05, 0.1) is 24.1 Å². The van der Waals surface area contributed by atoms with Crippen molar-refractivity contribution in [1.82, 2.24) is 0 Å². The fourth-order valence-corrected chi connectivity index (χ4v) is 2.88. The molecule has 0 saturated heterocycles. The minimum atomic E-state index is -0.821. The van der Waals surface area contributed by atoms with Crippen molar-refractivity contribution in [2.75, 3.05) is 14.2 Å². The number of hydrogen-bond acceptors (Lipinski definition) is 3. The summed E-state index contributed by atoms with van der Waals surface area (Å²) in [5, 5.41) is 9.35. The Morgan fingerprint density at radius 3 is 2.24 bits per heavy atom. The molecule has 0 bridgehead atoms. The van der Waals surface area contributed by atoms with Crippen LogP contribution in [0.25, 0.3) is 0 Å². The molecule has 0 heterocycles. The second-order valence-electron chi connectivity index (χ2n) is 4.05. The molecule has 0 amide bonds. The maximum atomic E-state index is 11.4. The van der Waals surface area contributed by atoms with Crippen molar-refractivity contribution in [2.45, 2.75) is 18.3 Å². The maximum Gasteiger partial charge on any atom is 0.314 e. The summed E-state index contributed by atoms with van der Waals surface area (Å²) in [6, 6.07) is 3.49. The van der Waals surface area contributed by atoms with Crippen molar-refractivity contribution in [3.05, 3.63) is 22.2 Å². The van der Waals surface area contributed by atoms with Crippen LogP contribution in [-0.4, -0.2) is 25.3 Å². The fraction of sp³-hybridized carbons (Fsp3) is 0.417. The molecule has 1 aromatic rings. The van der Waals surface area contributed by atoms with Crippen LogP contribution in [0.1, 0.15) is 18.4 Å². The average molecular weight is 301 g/mol. The molecule has 92 valence electrons. The van der Waals surface area contributed by atoms with E-state index in [9.17, 15) is 9.90 Å². The summed E-state index contributed by atoms with van der Waals surface area (Å²) >= 11 is 3.41. The fourth-order valence-electron chi connectivity index (χ4n) is 2.01. The van der Waals surface area contributed by atoms with Crippen molar-refractivity contribution in [1.29, 1.82) is 0 Å². The molecular weight excluding hydrogens is 288 g/mol. The Labute approximate surface area is 108 Å². The topological polar surface area (TPSA) is 55.8 Å². The van der Waals surface area contributed by atoms with Gasteiger partial charge in [-0.05, 0) is 40.9 Å². The molecule has 0 radical (unpaired) electrons. The van der Waals surface area contributed by atoms with Crippen LogP contribution in [0.4, 0.5) is 0 Å². The van der Waals surface area contributed by atoms with Crippen molar-refractivity contribution in [3.63, 3.8) is 0 Å². The second kappa shape index (κ2) is 4.22. The lowest BCUT2D eigenvalue weighted by Crippen LogP contribution is -2.21. The van der Waals surface area contributed by atoms with E-state index in [0.29, 0.717) is 34.4 Å². The highest BCUT2D eigenvalue weighted by Gasteiger charge is 2.54. The zero-order valence-electron chi connectivity index (χ0n) is 9.62. The van der Waals surface area contributed by atoms with E-state index in [1.54, 1.807) is 19.2 Å². The van der Waals surface area contributed by atoms with Crippen LogP contribution in [0.15, 0.2) is 16.6 Å². The third-order valence-corrected chi connectivity index (χ3v) is 3.93. The summed E-state index contributed by atoms with van der Waals surface area (Å²) in [5.41, 5.74) is -0.148. The van der Waals surface area contributed by atoms with Crippen LogP contribution < -0.4 is 9.47 Å². The summed E-state index contributed by atoms with van der Waals surface area (Å²) < 4.78 is 11.1.